The van der Waals surface area contributed by atoms with E-state index in [1.807, 2.05) is 6.07 Å². The fourth-order valence-electron chi connectivity index (χ4n) is 3.93. The Hall–Kier alpha value is -3.65. The molecule has 3 N–H and O–H groups in total. The van der Waals surface area contributed by atoms with Crippen LogP contribution in [0.1, 0.15) is 18.4 Å². The quantitative estimate of drug-likeness (QED) is 0.533. The lowest BCUT2D eigenvalue weighted by Crippen LogP contribution is -2.41. The number of phenols is 1. The third kappa shape index (κ3) is 5.40. The Morgan fingerprint density at radius 1 is 1.15 bits per heavy atom. The van der Waals surface area contributed by atoms with Gasteiger partial charge in [-0.3, -0.25) is 4.79 Å². The summed E-state index contributed by atoms with van der Waals surface area (Å²) in [4.78, 5) is 33.3. The molecule has 0 unspecified atom stereocenters. The lowest BCUT2D eigenvalue weighted by Gasteiger charge is -2.31. The van der Waals surface area contributed by atoms with Crippen molar-refractivity contribution in [1.29, 1.82) is 0 Å². The number of rotatable bonds is 6. The number of aromatic hydroxyl groups is 1. The number of nitrogens with one attached hydrogen (secondary N) is 1. The fourth-order valence-corrected chi connectivity index (χ4v) is 3.93. The minimum atomic E-state index is -0.485. The van der Waals surface area contributed by atoms with Crippen molar-refractivity contribution in [3.8, 4) is 34.0 Å². The van der Waals surface area contributed by atoms with E-state index < -0.39 is 5.69 Å². The third-order valence-electron chi connectivity index (χ3n) is 5.97. The smallest absolute Gasteiger partial charge is 0.345 e. The van der Waals surface area contributed by atoms with Gasteiger partial charge in [0.15, 0.2) is 6.61 Å². The Kier molecular flexibility index (Phi) is 6.74. The molecule has 8 heteroatoms. The summed E-state index contributed by atoms with van der Waals surface area (Å²) in [6, 6.07) is 14.0. The summed E-state index contributed by atoms with van der Waals surface area (Å²) < 4.78 is 5.73. The number of aliphatic hydroxyl groups is 1. The van der Waals surface area contributed by atoms with Gasteiger partial charge in [0.1, 0.15) is 11.5 Å². The monoisotopic (exact) mass is 449 g/mol. The van der Waals surface area contributed by atoms with E-state index in [0.29, 0.717) is 35.8 Å². The van der Waals surface area contributed by atoms with Crippen molar-refractivity contribution in [2.45, 2.75) is 19.8 Å². The predicted molar refractivity (Wildman–Crippen MR) is 124 cm³/mol. The van der Waals surface area contributed by atoms with E-state index in [4.69, 9.17) is 4.74 Å². The van der Waals surface area contributed by atoms with Crippen LogP contribution in [0.4, 0.5) is 0 Å². The van der Waals surface area contributed by atoms with Gasteiger partial charge in [-0.1, -0.05) is 12.1 Å². The maximum Gasteiger partial charge on any atom is 0.345 e. The van der Waals surface area contributed by atoms with Crippen LogP contribution in [-0.2, 0) is 4.79 Å². The maximum atomic E-state index is 12.5. The van der Waals surface area contributed by atoms with Crippen molar-refractivity contribution >= 4 is 5.91 Å². The Morgan fingerprint density at radius 3 is 2.67 bits per heavy atom. The molecule has 33 heavy (non-hydrogen) atoms. The molecule has 3 aromatic rings. The summed E-state index contributed by atoms with van der Waals surface area (Å²) >= 11 is 0. The van der Waals surface area contributed by atoms with Gasteiger partial charge in [0, 0.05) is 30.8 Å². The number of nitrogens with zero attached hydrogens (tertiary/aromatic N) is 2. The summed E-state index contributed by atoms with van der Waals surface area (Å²) in [6.07, 6.45) is 1.60. The van der Waals surface area contributed by atoms with Gasteiger partial charge >= 0.3 is 5.69 Å². The molecule has 1 aromatic heterocycles. The molecular weight excluding hydrogens is 422 g/mol. The Balaban J connectivity index is 1.48. The van der Waals surface area contributed by atoms with Crippen LogP contribution in [0.2, 0.25) is 0 Å². The van der Waals surface area contributed by atoms with Gasteiger partial charge in [-0.05, 0) is 67.6 Å². The number of aliphatic hydroxyl groups excluding tert-OH is 1. The van der Waals surface area contributed by atoms with Crippen molar-refractivity contribution in [3.63, 3.8) is 0 Å². The largest absolute Gasteiger partial charge is 0.508 e. The van der Waals surface area contributed by atoms with E-state index in [2.05, 4.69) is 9.97 Å². The maximum absolute atomic E-state index is 12.5. The van der Waals surface area contributed by atoms with Crippen LogP contribution in [0.15, 0.2) is 53.3 Å². The fraction of sp³-hybridized carbons (Fsp3) is 0.320. The number of aromatic nitrogens is 2. The van der Waals surface area contributed by atoms with Crippen LogP contribution >= 0.6 is 0 Å². The topological polar surface area (TPSA) is 116 Å². The molecule has 0 aliphatic carbocycles. The van der Waals surface area contributed by atoms with Gasteiger partial charge in [-0.25, -0.2) is 4.79 Å². The molecule has 1 aliphatic heterocycles. The number of benzene rings is 2. The predicted octanol–water partition coefficient (Wildman–Crippen LogP) is 2.73. The molecule has 0 atom stereocenters. The van der Waals surface area contributed by atoms with Gasteiger partial charge in [-0.15, -0.1) is 0 Å². The minimum absolute atomic E-state index is 0.0713. The second-order valence-corrected chi connectivity index (χ2v) is 8.31. The molecule has 4 rings (SSSR count). The van der Waals surface area contributed by atoms with E-state index in [-0.39, 0.29) is 30.8 Å². The molecule has 2 aromatic carbocycles. The van der Waals surface area contributed by atoms with Gasteiger partial charge in [0.05, 0.1) is 11.4 Å². The number of hydrogen-bond donors (Lipinski definition) is 3. The number of hydrogen-bond acceptors (Lipinski definition) is 6. The molecule has 0 bridgehead atoms. The summed E-state index contributed by atoms with van der Waals surface area (Å²) in [5.41, 5.74) is 2.71. The number of aromatic amines is 1. The minimum Gasteiger partial charge on any atom is -0.508 e. The third-order valence-corrected chi connectivity index (χ3v) is 5.97. The molecule has 1 amide bonds. The van der Waals surface area contributed by atoms with E-state index in [0.717, 1.165) is 24.0 Å². The number of piperidine rings is 1. The number of phenolic OH excluding ortho intramolecular Hbond substituents is 1. The summed E-state index contributed by atoms with van der Waals surface area (Å²) in [6.45, 7) is 3.13. The van der Waals surface area contributed by atoms with Crippen LogP contribution in [0, 0.1) is 12.8 Å². The van der Waals surface area contributed by atoms with Crippen LogP contribution < -0.4 is 10.4 Å². The molecule has 1 fully saturated rings. The second kappa shape index (κ2) is 9.87. The molecule has 8 nitrogen and oxygen atoms in total. The highest BCUT2D eigenvalue weighted by Crippen LogP contribution is 2.27. The Labute approximate surface area is 191 Å². The average Bonchev–Trinajstić information content (AvgIpc) is 2.84. The summed E-state index contributed by atoms with van der Waals surface area (Å²) in [5, 5.41) is 19.0. The molecule has 0 saturated carbocycles. The molecular formula is C25H27N3O5. The van der Waals surface area contributed by atoms with Crippen molar-refractivity contribution < 1.29 is 19.7 Å². The van der Waals surface area contributed by atoms with E-state index in [1.165, 1.54) is 0 Å². The number of ether oxygens (including phenoxy) is 1. The normalized spacial score (nSPS) is 14.3. The SMILES string of the molecule is Cc1cc(-c2cc(-c3cccc(OCC(=O)N4CCC(CO)CC4)c3)[nH]c(=O)n2)ccc1O. The first-order valence-corrected chi connectivity index (χ1v) is 11.0. The first-order valence-electron chi connectivity index (χ1n) is 11.0. The number of likely N-dealkylation sites (tertiary alicyclic amines) is 1. The van der Waals surface area contributed by atoms with Gasteiger partial charge in [-0.2, -0.15) is 4.98 Å². The molecule has 0 radical (unpaired) electrons. The van der Waals surface area contributed by atoms with E-state index >= 15 is 0 Å². The lowest BCUT2D eigenvalue weighted by molar-refractivity contribution is -0.134. The van der Waals surface area contributed by atoms with Crippen molar-refractivity contribution in [2.75, 3.05) is 26.3 Å². The zero-order valence-electron chi connectivity index (χ0n) is 18.5. The van der Waals surface area contributed by atoms with Crippen LogP contribution in [-0.4, -0.2) is 57.3 Å². The average molecular weight is 450 g/mol. The number of aryl methyl sites for hydroxylation is 1. The number of H-pyrrole nitrogens is 1. The second-order valence-electron chi connectivity index (χ2n) is 8.31. The van der Waals surface area contributed by atoms with Crippen molar-refractivity contribution in [2.24, 2.45) is 5.92 Å². The number of carbonyl (C=O) groups excluding carboxylic acids is 1. The number of carbonyl (C=O) groups is 1. The highest BCUT2D eigenvalue weighted by molar-refractivity contribution is 5.78. The zero-order valence-corrected chi connectivity index (χ0v) is 18.5. The standard InChI is InChI=1S/C25H27N3O5/c1-16-11-19(5-6-23(16)30)22-13-21(26-25(32)27-22)18-3-2-4-20(12-18)33-15-24(31)28-9-7-17(14-29)8-10-28/h2-6,11-13,17,29-30H,7-10,14-15H2,1H3,(H,26,27,32). The van der Waals surface area contributed by atoms with E-state index in [1.54, 1.807) is 54.3 Å². The highest BCUT2D eigenvalue weighted by atomic mass is 16.5. The first kappa shape index (κ1) is 22.5. The van der Waals surface area contributed by atoms with Crippen molar-refractivity contribution in [1.82, 2.24) is 14.9 Å². The van der Waals surface area contributed by atoms with Crippen LogP contribution in [0.25, 0.3) is 22.5 Å². The van der Waals surface area contributed by atoms with Gasteiger partial charge < -0.3 is 24.8 Å². The van der Waals surface area contributed by atoms with Crippen LogP contribution in [0.3, 0.4) is 0 Å². The first-order chi connectivity index (χ1) is 15.9. The van der Waals surface area contributed by atoms with E-state index in [9.17, 15) is 19.8 Å². The lowest BCUT2D eigenvalue weighted by atomic mass is 9.98. The summed E-state index contributed by atoms with van der Waals surface area (Å²) in [7, 11) is 0. The molecule has 2 heterocycles. The Morgan fingerprint density at radius 2 is 1.94 bits per heavy atom. The van der Waals surface area contributed by atoms with Gasteiger partial charge in [0.25, 0.3) is 5.91 Å². The Bertz CT molecular complexity index is 1200. The molecule has 172 valence electrons. The molecule has 1 saturated heterocycles. The van der Waals surface area contributed by atoms with Gasteiger partial charge in [0.2, 0.25) is 0 Å². The van der Waals surface area contributed by atoms with Crippen LogP contribution in [0.5, 0.6) is 11.5 Å². The summed E-state index contributed by atoms with van der Waals surface area (Å²) in [5.74, 6) is 0.885. The molecule has 0 spiro atoms. The number of amides is 1. The molecule has 1 aliphatic rings. The highest BCUT2D eigenvalue weighted by Gasteiger charge is 2.22. The zero-order chi connectivity index (χ0) is 23.4. The van der Waals surface area contributed by atoms with Crippen molar-refractivity contribution in [3.05, 3.63) is 64.6 Å².